The van der Waals surface area contributed by atoms with E-state index >= 15 is 0 Å². The normalized spacial score (nSPS) is 14.4. The van der Waals surface area contributed by atoms with Crippen LogP contribution in [0.2, 0.25) is 5.02 Å². The summed E-state index contributed by atoms with van der Waals surface area (Å²) in [5.41, 5.74) is 2.73. The van der Waals surface area contributed by atoms with Gasteiger partial charge >= 0.3 is 0 Å². The summed E-state index contributed by atoms with van der Waals surface area (Å²) < 4.78 is 5.94. The summed E-state index contributed by atoms with van der Waals surface area (Å²) in [5.74, 6) is 1.53. The Balaban J connectivity index is 1.65. The van der Waals surface area contributed by atoms with Gasteiger partial charge in [-0.05, 0) is 24.6 Å². The fourth-order valence-electron chi connectivity index (χ4n) is 2.79. The highest BCUT2D eigenvalue weighted by molar-refractivity contribution is 6.30. The van der Waals surface area contributed by atoms with Gasteiger partial charge in [-0.3, -0.25) is 9.97 Å². The van der Waals surface area contributed by atoms with Crippen LogP contribution in [0.5, 0.6) is 0 Å². The Morgan fingerprint density at radius 2 is 2.17 bits per heavy atom. The molecule has 0 amide bonds. The number of halogens is 1. The Kier molecular flexibility index (Phi) is 3.71. The van der Waals surface area contributed by atoms with Crippen molar-refractivity contribution in [2.24, 2.45) is 0 Å². The van der Waals surface area contributed by atoms with Gasteiger partial charge in [0.15, 0.2) is 0 Å². The molecule has 5 nitrogen and oxygen atoms in total. The molecule has 0 N–H and O–H groups in total. The highest BCUT2D eigenvalue weighted by atomic mass is 35.5. The summed E-state index contributed by atoms with van der Waals surface area (Å²) >= 11 is 6.06. The summed E-state index contributed by atoms with van der Waals surface area (Å²) in [5, 5.41) is 0.640. The Morgan fingerprint density at radius 1 is 1.22 bits per heavy atom. The quantitative estimate of drug-likeness (QED) is 0.718. The van der Waals surface area contributed by atoms with Crippen molar-refractivity contribution in [3.05, 3.63) is 59.3 Å². The number of pyridine rings is 2. The van der Waals surface area contributed by atoms with E-state index in [-0.39, 0.29) is 0 Å². The number of nitrogens with zero attached hydrogens (tertiary/aromatic N) is 4. The van der Waals surface area contributed by atoms with Gasteiger partial charge in [0.2, 0.25) is 5.89 Å². The zero-order valence-corrected chi connectivity index (χ0v) is 13.2. The van der Waals surface area contributed by atoms with Crippen LogP contribution in [0.4, 0.5) is 5.69 Å². The van der Waals surface area contributed by atoms with Gasteiger partial charge in [-0.1, -0.05) is 17.7 Å². The summed E-state index contributed by atoms with van der Waals surface area (Å²) in [6.07, 6.45) is 7.09. The molecule has 0 saturated carbocycles. The van der Waals surface area contributed by atoms with E-state index in [2.05, 4.69) is 19.9 Å². The molecule has 4 heterocycles. The molecule has 0 radical (unpaired) electrons. The first-order chi connectivity index (χ1) is 11.3. The van der Waals surface area contributed by atoms with Gasteiger partial charge in [-0.25, -0.2) is 4.98 Å². The van der Waals surface area contributed by atoms with E-state index in [9.17, 15) is 0 Å². The van der Waals surface area contributed by atoms with Gasteiger partial charge in [-0.15, -0.1) is 0 Å². The topological polar surface area (TPSA) is 55.1 Å². The number of hydrogen-bond donors (Lipinski definition) is 0. The second-order valence-corrected chi connectivity index (χ2v) is 5.93. The number of oxazole rings is 1. The predicted molar refractivity (Wildman–Crippen MR) is 88.4 cm³/mol. The van der Waals surface area contributed by atoms with Gasteiger partial charge in [0.05, 0.1) is 23.5 Å². The zero-order valence-electron chi connectivity index (χ0n) is 12.4. The van der Waals surface area contributed by atoms with Crippen LogP contribution in [0.1, 0.15) is 17.9 Å². The van der Waals surface area contributed by atoms with E-state index in [1.54, 1.807) is 12.4 Å². The van der Waals surface area contributed by atoms with Crippen LogP contribution in [0.15, 0.2) is 47.3 Å². The molecular formula is C17H15ClN4O. The SMILES string of the molecule is Clc1cncc(N2CCCc3oc(-c4ccccn4)nc3C2)c1. The van der Waals surface area contributed by atoms with E-state index in [1.807, 2.05) is 30.5 Å². The average molecular weight is 327 g/mol. The van der Waals surface area contributed by atoms with Crippen molar-refractivity contribution in [3.8, 4) is 11.6 Å². The minimum Gasteiger partial charge on any atom is -0.440 e. The number of rotatable bonds is 2. The van der Waals surface area contributed by atoms with E-state index in [1.165, 1.54) is 0 Å². The molecule has 116 valence electrons. The summed E-state index contributed by atoms with van der Waals surface area (Å²) in [4.78, 5) is 15.4. The Morgan fingerprint density at radius 3 is 3.00 bits per heavy atom. The van der Waals surface area contributed by atoms with Crippen molar-refractivity contribution < 1.29 is 4.42 Å². The van der Waals surface area contributed by atoms with Crippen molar-refractivity contribution >= 4 is 17.3 Å². The maximum Gasteiger partial charge on any atom is 0.245 e. The van der Waals surface area contributed by atoms with Gasteiger partial charge in [0, 0.05) is 25.4 Å². The van der Waals surface area contributed by atoms with E-state index < -0.39 is 0 Å². The lowest BCUT2D eigenvalue weighted by Gasteiger charge is -2.21. The fourth-order valence-corrected chi connectivity index (χ4v) is 2.95. The van der Waals surface area contributed by atoms with Gasteiger partial charge < -0.3 is 9.32 Å². The van der Waals surface area contributed by atoms with Crippen LogP contribution in [0.25, 0.3) is 11.6 Å². The van der Waals surface area contributed by atoms with Crippen LogP contribution < -0.4 is 4.90 Å². The number of aromatic nitrogens is 3. The predicted octanol–water partition coefficient (Wildman–Crippen LogP) is 3.74. The highest BCUT2D eigenvalue weighted by Gasteiger charge is 2.21. The number of hydrogen-bond acceptors (Lipinski definition) is 5. The Labute approximate surface area is 139 Å². The van der Waals surface area contributed by atoms with Crippen LogP contribution in [-0.2, 0) is 13.0 Å². The first-order valence-corrected chi connectivity index (χ1v) is 7.93. The third-order valence-electron chi connectivity index (χ3n) is 3.89. The van der Waals surface area contributed by atoms with E-state index in [4.69, 9.17) is 16.0 Å². The molecule has 6 heteroatoms. The maximum absolute atomic E-state index is 6.06. The lowest BCUT2D eigenvalue weighted by molar-refractivity contribution is 0.511. The van der Waals surface area contributed by atoms with Gasteiger partial charge in [0.1, 0.15) is 17.1 Å². The molecule has 0 unspecified atom stereocenters. The summed E-state index contributed by atoms with van der Waals surface area (Å²) in [6.45, 7) is 1.61. The smallest absolute Gasteiger partial charge is 0.245 e. The first kappa shape index (κ1) is 14.2. The zero-order chi connectivity index (χ0) is 15.6. The third kappa shape index (κ3) is 2.92. The molecule has 0 atom stereocenters. The van der Waals surface area contributed by atoms with Crippen LogP contribution in [0, 0.1) is 0 Å². The third-order valence-corrected chi connectivity index (χ3v) is 4.10. The summed E-state index contributed by atoms with van der Waals surface area (Å²) in [6, 6.07) is 7.65. The van der Waals surface area contributed by atoms with Crippen molar-refractivity contribution in [1.29, 1.82) is 0 Å². The van der Waals surface area contributed by atoms with Crippen molar-refractivity contribution in [1.82, 2.24) is 15.0 Å². The highest BCUT2D eigenvalue weighted by Crippen LogP contribution is 2.28. The largest absolute Gasteiger partial charge is 0.440 e. The summed E-state index contributed by atoms with van der Waals surface area (Å²) in [7, 11) is 0. The molecule has 3 aromatic rings. The monoisotopic (exact) mass is 326 g/mol. The lowest BCUT2D eigenvalue weighted by atomic mass is 10.2. The number of anilines is 1. The second kappa shape index (κ2) is 6.01. The molecule has 1 aliphatic rings. The fraction of sp³-hybridized carbons (Fsp3) is 0.235. The molecule has 3 aromatic heterocycles. The second-order valence-electron chi connectivity index (χ2n) is 5.49. The van der Waals surface area contributed by atoms with Crippen LogP contribution in [-0.4, -0.2) is 21.5 Å². The molecule has 0 saturated heterocycles. The van der Waals surface area contributed by atoms with Crippen molar-refractivity contribution in [3.63, 3.8) is 0 Å². The van der Waals surface area contributed by atoms with Gasteiger partial charge in [0.25, 0.3) is 0 Å². The molecule has 0 spiro atoms. The minimum absolute atomic E-state index is 0.585. The maximum atomic E-state index is 6.06. The molecule has 0 bridgehead atoms. The number of fused-ring (bicyclic) bond motifs is 1. The number of aryl methyl sites for hydroxylation is 1. The Bertz CT molecular complexity index is 818. The molecule has 23 heavy (non-hydrogen) atoms. The Hall–Kier alpha value is -2.40. The molecule has 4 rings (SSSR count). The van der Waals surface area contributed by atoms with E-state index in [0.29, 0.717) is 17.5 Å². The molecule has 0 fully saturated rings. The minimum atomic E-state index is 0.585. The average Bonchev–Trinajstić information content (AvgIpc) is 2.87. The standard InChI is InChI=1S/C17H15ClN4O/c18-12-8-13(10-19-9-12)22-7-3-5-16-15(11-22)21-17(23-16)14-4-1-2-6-20-14/h1-2,4,6,8-10H,3,5,7,11H2. The molecule has 0 aromatic carbocycles. The first-order valence-electron chi connectivity index (χ1n) is 7.55. The van der Waals surface area contributed by atoms with Crippen LogP contribution in [0.3, 0.4) is 0 Å². The van der Waals surface area contributed by atoms with Gasteiger partial charge in [-0.2, -0.15) is 0 Å². The molecule has 0 aliphatic carbocycles. The lowest BCUT2D eigenvalue weighted by Crippen LogP contribution is -2.22. The van der Waals surface area contributed by atoms with Crippen LogP contribution >= 0.6 is 11.6 Å². The molecular weight excluding hydrogens is 312 g/mol. The van der Waals surface area contributed by atoms with Crippen molar-refractivity contribution in [2.45, 2.75) is 19.4 Å². The molecule has 1 aliphatic heterocycles. The van der Waals surface area contributed by atoms with Crippen molar-refractivity contribution in [2.75, 3.05) is 11.4 Å². The van der Waals surface area contributed by atoms with E-state index in [0.717, 1.165) is 42.2 Å².